The number of nitrogens with one attached hydrogen (secondary N) is 2. The van der Waals surface area contributed by atoms with Crippen LogP contribution >= 0.6 is 0 Å². The molecule has 1 aliphatic rings. The molecule has 0 spiro atoms. The number of hydrogen-bond donors (Lipinski definition) is 5. The van der Waals surface area contributed by atoms with E-state index in [9.17, 15) is 48.6 Å². The van der Waals surface area contributed by atoms with E-state index in [-0.39, 0.29) is 93.6 Å². The Morgan fingerprint density at radius 3 is 1.00 bits per heavy atom. The lowest BCUT2D eigenvalue weighted by molar-refractivity contribution is -0.145. The molecule has 1 aromatic carbocycles. The first-order valence-corrected chi connectivity index (χ1v) is 46.5. The monoisotopic (exact) mass is 1840 g/mol. The number of carbonyl (C=O) groups is 8. The van der Waals surface area contributed by atoms with Crippen molar-refractivity contribution >= 4 is 46.9 Å². The predicted molar refractivity (Wildman–Crippen MR) is 471 cm³/mol. The molecule has 3 atom stereocenters. The fraction of sp³-hybridized carbons (Fsp3) is 0.846. The van der Waals surface area contributed by atoms with Gasteiger partial charge in [0.2, 0.25) is 11.8 Å². The van der Waals surface area contributed by atoms with Crippen LogP contribution in [-0.2, 0) is 154 Å². The largest absolute Gasteiger partial charge is 0.481 e. The number of ketones is 4. The smallest absolute Gasteiger partial charge is 0.306 e. The quantitative estimate of drug-likeness (QED) is 0.0359. The third kappa shape index (κ3) is 77.2. The lowest BCUT2D eigenvalue weighted by Gasteiger charge is -2.28. The van der Waals surface area contributed by atoms with Gasteiger partial charge in [0.05, 0.1) is 322 Å². The van der Waals surface area contributed by atoms with Gasteiger partial charge in [-0.3, -0.25) is 38.4 Å². The first kappa shape index (κ1) is 119. The van der Waals surface area contributed by atoms with Gasteiger partial charge < -0.3 is 140 Å². The molecule has 0 aliphatic heterocycles. The van der Waals surface area contributed by atoms with Crippen LogP contribution in [0.15, 0.2) is 24.3 Å². The molecule has 0 unspecified atom stereocenters. The van der Waals surface area contributed by atoms with Crippen molar-refractivity contribution in [1.82, 2.24) is 10.6 Å². The first-order valence-electron chi connectivity index (χ1n) is 46.5. The van der Waals surface area contributed by atoms with Crippen LogP contribution in [0.5, 0.6) is 0 Å². The van der Waals surface area contributed by atoms with Crippen molar-refractivity contribution in [3.63, 3.8) is 0 Å². The summed E-state index contributed by atoms with van der Waals surface area (Å²) >= 11 is 0. The van der Waals surface area contributed by atoms with Crippen molar-refractivity contribution in [2.24, 2.45) is 29.4 Å². The summed E-state index contributed by atoms with van der Waals surface area (Å²) < 4.78 is 133. The maximum absolute atomic E-state index is 13.0. The molecule has 744 valence electrons. The second-order valence-corrected chi connectivity index (χ2v) is 30.3. The van der Waals surface area contributed by atoms with Gasteiger partial charge in [0, 0.05) is 69.0 Å². The number of hydrogen-bond acceptors (Lipinski definition) is 33. The number of carboxylic acid groups (broad SMARTS) is 2. The molecule has 37 nitrogen and oxygen atoms in total. The fourth-order valence-corrected chi connectivity index (χ4v) is 12.7. The SMILES string of the molecule is CCCCc1ccc(C(=O)CCCCC[C@H](CC(=O)CCOCCOCCOCCOCCOCCOCCOCCOCCOCCOCCOCCOCCOCCOCCOCCOCCOCCOCCOCCOCCOCCOCCOCCOCCCC(=O)[C@H](CCC(=O)O)NC(=O)CC[C@H](CC(=O)C2CCC(CNC)CC2)C(=O)O)C(N)=O)cc1. The number of rotatable bonds is 103. The zero-order valence-electron chi connectivity index (χ0n) is 77.2. The van der Waals surface area contributed by atoms with E-state index < -0.39 is 41.6 Å². The average molecular weight is 1840 g/mol. The van der Waals surface area contributed by atoms with Crippen LogP contribution in [0.4, 0.5) is 0 Å². The zero-order chi connectivity index (χ0) is 92.4. The van der Waals surface area contributed by atoms with Crippen LogP contribution in [0.2, 0.25) is 0 Å². The topological polar surface area (TPSA) is 449 Å². The number of primary amides is 1. The number of aliphatic carboxylic acids is 2. The maximum atomic E-state index is 13.0. The minimum Gasteiger partial charge on any atom is -0.481 e. The van der Waals surface area contributed by atoms with Crippen molar-refractivity contribution in [1.29, 1.82) is 0 Å². The highest BCUT2D eigenvalue weighted by Gasteiger charge is 2.31. The molecule has 0 radical (unpaired) electrons. The first-order chi connectivity index (χ1) is 62.7. The number of carboxylic acids is 2. The van der Waals surface area contributed by atoms with E-state index in [2.05, 4.69) is 17.6 Å². The molecule has 0 bridgehead atoms. The molecule has 1 saturated carbocycles. The summed E-state index contributed by atoms with van der Waals surface area (Å²) in [6.07, 6.45) is 9.61. The summed E-state index contributed by atoms with van der Waals surface area (Å²) in [5.74, 6) is -4.90. The van der Waals surface area contributed by atoms with Gasteiger partial charge in [-0.2, -0.15) is 0 Å². The Morgan fingerprint density at radius 2 is 0.688 bits per heavy atom. The van der Waals surface area contributed by atoms with Gasteiger partial charge in [0.1, 0.15) is 11.6 Å². The molecular formula is C91H161N3O34. The third-order valence-corrected chi connectivity index (χ3v) is 19.9. The van der Waals surface area contributed by atoms with Crippen LogP contribution in [0, 0.1) is 23.7 Å². The van der Waals surface area contributed by atoms with E-state index in [1.165, 1.54) is 5.56 Å². The lowest BCUT2D eigenvalue weighted by Crippen LogP contribution is -2.41. The van der Waals surface area contributed by atoms with Gasteiger partial charge >= 0.3 is 11.9 Å². The second-order valence-electron chi connectivity index (χ2n) is 30.3. The normalized spacial score (nSPS) is 14.2. The average Bonchev–Trinajstić information content (AvgIpc) is 0.870. The number of Topliss-reactive ketones (excluding diaryl/α,β-unsaturated/α-hetero) is 4. The van der Waals surface area contributed by atoms with Gasteiger partial charge in [0.15, 0.2) is 11.6 Å². The molecule has 1 fully saturated rings. The Bertz CT molecular complexity index is 2760. The standard InChI is InChI=1S/C91H161N3O34/c1-3-4-9-77-13-17-79(18-14-77)85(96)11-7-5-6-10-81(90(92)102)74-83(95)25-27-106-29-31-108-33-35-110-37-39-112-41-43-114-45-47-116-49-51-118-53-55-120-57-59-122-61-63-124-65-67-126-69-71-128-73-72-127-70-68-125-66-64-123-62-60-121-58-56-119-54-52-117-50-48-115-46-44-113-42-40-111-38-36-109-34-32-107-30-28-105-26-8-12-86(97)84(22-24-89(100)101)94-88(99)23-21-82(91(103)104)75-87(98)80-19-15-78(16-20-80)76-93-2/h13-14,17-18,78,80-82,84,93H,3-12,15-16,19-76H2,1-2H3,(H2,92,102)(H,94,99)(H,100,101)(H,103,104)/t78?,80?,81-,82-,84+/m1/s1. The van der Waals surface area contributed by atoms with Crippen LogP contribution in [0.3, 0.4) is 0 Å². The van der Waals surface area contributed by atoms with E-state index >= 15 is 0 Å². The Morgan fingerprint density at radius 1 is 0.352 bits per heavy atom. The summed E-state index contributed by atoms with van der Waals surface area (Å²) in [5.41, 5.74) is 7.58. The highest BCUT2D eigenvalue weighted by Crippen LogP contribution is 2.31. The maximum Gasteiger partial charge on any atom is 0.306 e. The Balaban J connectivity index is 1.16. The van der Waals surface area contributed by atoms with E-state index in [0.29, 0.717) is 329 Å². The molecule has 0 aromatic heterocycles. The Kier molecular flexibility index (Phi) is 84.4. The van der Waals surface area contributed by atoms with Crippen molar-refractivity contribution in [2.45, 2.75) is 148 Å². The van der Waals surface area contributed by atoms with Gasteiger partial charge in [-0.1, -0.05) is 50.5 Å². The van der Waals surface area contributed by atoms with Crippen LogP contribution in [-0.4, -0.2) is 394 Å². The van der Waals surface area contributed by atoms with Gasteiger partial charge in [-0.15, -0.1) is 0 Å². The summed E-state index contributed by atoms with van der Waals surface area (Å²) in [6, 6.07) is 6.85. The van der Waals surface area contributed by atoms with Crippen LogP contribution in [0.25, 0.3) is 0 Å². The van der Waals surface area contributed by atoms with Crippen molar-refractivity contribution < 1.29 is 162 Å². The zero-order valence-corrected chi connectivity index (χ0v) is 77.2. The van der Waals surface area contributed by atoms with Crippen LogP contribution in [0.1, 0.15) is 151 Å². The fourth-order valence-electron chi connectivity index (χ4n) is 12.7. The van der Waals surface area contributed by atoms with Gasteiger partial charge in [-0.05, 0) is 95.7 Å². The third-order valence-electron chi connectivity index (χ3n) is 19.9. The highest BCUT2D eigenvalue weighted by molar-refractivity contribution is 5.96. The number of carbonyl (C=O) groups excluding carboxylic acids is 6. The number of unbranched alkanes of at least 4 members (excludes halogenated alkanes) is 3. The number of ether oxygens (including phenoxy) is 24. The van der Waals surface area contributed by atoms with E-state index in [1.807, 2.05) is 31.3 Å². The van der Waals surface area contributed by atoms with Crippen molar-refractivity contribution in [3.8, 4) is 0 Å². The van der Waals surface area contributed by atoms with Crippen molar-refractivity contribution in [3.05, 3.63) is 35.4 Å². The Hall–Kier alpha value is -5.22. The molecule has 2 rings (SSSR count). The molecular weight excluding hydrogens is 1680 g/mol. The molecule has 0 saturated heterocycles. The van der Waals surface area contributed by atoms with E-state index in [4.69, 9.17) is 119 Å². The molecule has 2 amide bonds. The predicted octanol–water partition coefficient (Wildman–Crippen LogP) is 6.18. The second kappa shape index (κ2) is 90.9. The lowest BCUT2D eigenvalue weighted by atomic mass is 9.78. The van der Waals surface area contributed by atoms with E-state index in [1.54, 1.807) is 0 Å². The van der Waals surface area contributed by atoms with E-state index in [0.717, 1.165) is 76.3 Å². The van der Waals surface area contributed by atoms with Gasteiger partial charge in [-0.25, -0.2) is 0 Å². The summed E-state index contributed by atoms with van der Waals surface area (Å²) in [7, 11) is 1.89. The van der Waals surface area contributed by atoms with Crippen LogP contribution < -0.4 is 16.4 Å². The minimum atomic E-state index is -1.15. The van der Waals surface area contributed by atoms with Gasteiger partial charge in [0.25, 0.3) is 0 Å². The number of nitrogens with two attached hydrogens (primary N) is 1. The summed E-state index contributed by atoms with van der Waals surface area (Å²) in [4.78, 5) is 99.2. The Labute approximate surface area is 759 Å². The summed E-state index contributed by atoms with van der Waals surface area (Å²) in [5, 5.41) is 24.8. The molecule has 6 N–H and O–H groups in total. The molecule has 0 heterocycles. The molecule has 37 heteroatoms. The summed E-state index contributed by atoms with van der Waals surface area (Å²) in [6.45, 7) is 23.4. The number of aryl methyl sites for hydroxylation is 1. The minimum absolute atomic E-state index is 0.0472. The molecule has 128 heavy (non-hydrogen) atoms. The number of benzene rings is 1. The molecule has 1 aliphatic carbocycles. The van der Waals surface area contributed by atoms with Crippen molar-refractivity contribution in [2.75, 3.05) is 331 Å². The number of amides is 2. The molecule has 1 aromatic rings. The highest BCUT2D eigenvalue weighted by atomic mass is 16.6.